The van der Waals surface area contributed by atoms with Gasteiger partial charge in [0.25, 0.3) is 0 Å². The predicted molar refractivity (Wildman–Crippen MR) is 47.1 cm³/mol. The molecule has 0 aliphatic rings. The highest BCUT2D eigenvalue weighted by molar-refractivity contribution is 5.86. The van der Waals surface area contributed by atoms with Crippen LogP contribution >= 0.6 is 0 Å². The van der Waals surface area contributed by atoms with Gasteiger partial charge in [-0.25, -0.2) is 0 Å². The second-order valence-electron chi connectivity index (χ2n) is 2.47. The van der Waals surface area contributed by atoms with E-state index in [0.29, 0.717) is 0 Å². The van der Waals surface area contributed by atoms with Crippen molar-refractivity contribution in [3.8, 4) is 5.75 Å². The van der Waals surface area contributed by atoms with Crippen molar-refractivity contribution in [1.29, 1.82) is 0 Å². The van der Waals surface area contributed by atoms with E-state index in [9.17, 15) is 0 Å². The number of nitrogens with zero attached hydrogens (tertiary/aromatic N) is 1. The quantitative estimate of drug-likeness (QED) is 0.633. The molecule has 2 rings (SSSR count). The Balaban J connectivity index is 2.79. The molecule has 0 spiro atoms. The van der Waals surface area contributed by atoms with E-state index >= 15 is 0 Å². The molecule has 0 amide bonds. The molecule has 0 bridgehead atoms. The number of aromatic nitrogens is 1. The molecule has 1 aromatic heterocycles. The lowest BCUT2D eigenvalue weighted by Crippen LogP contribution is -1.84. The summed E-state index contributed by atoms with van der Waals surface area (Å²) in [6.45, 7) is 0. The fraction of sp³-hybridized carbons (Fsp3) is 0.100. The molecule has 59 valence electrons. The Morgan fingerprint density at radius 2 is 2.33 bits per heavy atom. The van der Waals surface area contributed by atoms with E-state index in [1.165, 1.54) is 0 Å². The van der Waals surface area contributed by atoms with E-state index in [1.54, 1.807) is 19.5 Å². The molecule has 1 radical (unpaired) electrons. The number of hydrogen-bond acceptors (Lipinski definition) is 2. The standard InChI is InChI=1S/C10H8NO/c1-12-10-4-2-3-8-5-6-11-7-9(8)10/h2,4-7H,1H3. The van der Waals surface area contributed by atoms with E-state index in [1.807, 2.05) is 18.2 Å². The van der Waals surface area contributed by atoms with Crippen LogP contribution in [0.15, 0.2) is 30.6 Å². The average Bonchev–Trinajstić information content (AvgIpc) is 2.17. The molecular weight excluding hydrogens is 150 g/mol. The van der Waals surface area contributed by atoms with Crippen molar-refractivity contribution in [2.75, 3.05) is 7.11 Å². The first kappa shape index (κ1) is 7.10. The van der Waals surface area contributed by atoms with Gasteiger partial charge in [0, 0.05) is 17.8 Å². The van der Waals surface area contributed by atoms with Crippen LogP contribution in [0.25, 0.3) is 10.8 Å². The van der Waals surface area contributed by atoms with E-state index in [4.69, 9.17) is 4.74 Å². The summed E-state index contributed by atoms with van der Waals surface area (Å²) in [7, 11) is 1.65. The fourth-order valence-electron chi connectivity index (χ4n) is 1.19. The summed E-state index contributed by atoms with van der Waals surface area (Å²) >= 11 is 0. The summed E-state index contributed by atoms with van der Waals surface area (Å²) in [4.78, 5) is 4.02. The van der Waals surface area contributed by atoms with Gasteiger partial charge in [-0.2, -0.15) is 0 Å². The Kier molecular flexibility index (Phi) is 1.67. The van der Waals surface area contributed by atoms with Gasteiger partial charge in [0.05, 0.1) is 7.11 Å². The molecule has 0 N–H and O–H groups in total. The van der Waals surface area contributed by atoms with Crippen molar-refractivity contribution < 1.29 is 4.74 Å². The molecule has 0 fully saturated rings. The van der Waals surface area contributed by atoms with Crippen LogP contribution in [0, 0.1) is 6.07 Å². The molecule has 0 saturated carbocycles. The van der Waals surface area contributed by atoms with Crippen LogP contribution in [0.5, 0.6) is 5.75 Å². The molecule has 0 aliphatic carbocycles. The third-order valence-electron chi connectivity index (χ3n) is 1.78. The lowest BCUT2D eigenvalue weighted by atomic mass is 10.2. The second kappa shape index (κ2) is 2.81. The lowest BCUT2D eigenvalue weighted by molar-refractivity contribution is 0.419. The number of ether oxygens (including phenoxy) is 1. The van der Waals surface area contributed by atoms with Crippen LogP contribution in [0.1, 0.15) is 0 Å². The van der Waals surface area contributed by atoms with Crippen molar-refractivity contribution in [2.24, 2.45) is 0 Å². The minimum absolute atomic E-state index is 0.844. The maximum atomic E-state index is 5.17. The third-order valence-corrected chi connectivity index (χ3v) is 1.78. The Labute approximate surface area is 70.8 Å². The van der Waals surface area contributed by atoms with Gasteiger partial charge in [0.15, 0.2) is 0 Å². The van der Waals surface area contributed by atoms with Crippen molar-refractivity contribution in [2.45, 2.75) is 0 Å². The Morgan fingerprint density at radius 1 is 1.42 bits per heavy atom. The van der Waals surface area contributed by atoms with Gasteiger partial charge < -0.3 is 4.74 Å². The van der Waals surface area contributed by atoms with E-state index in [-0.39, 0.29) is 0 Å². The number of fused-ring (bicyclic) bond motifs is 1. The number of benzene rings is 1. The third kappa shape index (κ3) is 1.01. The van der Waals surface area contributed by atoms with Crippen LogP contribution in [-0.2, 0) is 0 Å². The first-order chi connectivity index (χ1) is 5.92. The van der Waals surface area contributed by atoms with Crippen LogP contribution in [0.2, 0.25) is 0 Å². The Morgan fingerprint density at radius 3 is 3.17 bits per heavy atom. The summed E-state index contributed by atoms with van der Waals surface area (Å²) in [5, 5.41) is 2.03. The zero-order valence-electron chi connectivity index (χ0n) is 6.74. The second-order valence-corrected chi connectivity index (χ2v) is 2.47. The van der Waals surface area contributed by atoms with Gasteiger partial charge in [-0.3, -0.25) is 4.98 Å². The minimum atomic E-state index is 0.844. The molecule has 0 unspecified atom stereocenters. The van der Waals surface area contributed by atoms with E-state index in [2.05, 4.69) is 11.1 Å². The fourth-order valence-corrected chi connectivity index (χ4v) is 1.19. The summed E-state index contributed by atoms with van der Waals surface area (Å²) in [6.07, 6.45) is 3.53. The Hall–Kier alpha value is -1.57. The zero-order valence-corrected chi connectivity index (χ0v) is 6.74. The Bertz CT molecular complexity index is 392. The van der Waals surface area contributed by atoms with Gasteiger partial charge in [-0.1, -0.05) is 6.07 Å². The van der Waals surface area contributed by atoms with Gasteiger partial charge in [0.2, 0.25) is 0 Å². The molecule has 2 heteroatoms. The van der Waals surface area contributed by atoms with Crippen LogP contribution in [0.4, 0.5) is 0 Å². The van der Waals surface area contributed by atoms with Crippen LogP contribution in [-0.4, -0.2) is 12.1 Å². The van der Waals surface area contributed by atoms with Gasteiger partial charge in [0.1, 0.15) is 5.75 Å². The number of pyridine rings is 1. The van der Waals surface area contributed by atoms with Crippen LogP contribution in [0.3, 0.4) is 0 Å². The molecule has 1 aromatic carbocycles. The summed E-state index contributed by atoms with van der Waals surface area (Å²) in [5.41, 5.74) is 0. The average molecular weight is 158 g/mol. The first-order valence-electron chi connectivity index (χ1n) is 3.70. The molecule has 0 atom stereocenters. The number of rotatable bonds is 1. The van der Waals surface area contributed by atoms with Gasteiger partial charge in [-0.05, 0) is 23.6 Å². The van der Waals surface area contributed by atoms with Crippen molar-refractivity contribution >= 4 is 10.8 Å². The van der Waals surface area contributed by atoms with Crippen molar-refractivity contribution in [3.05, 3.63) is 36.7 Å². The van der Waals surface area contributed by atoms with E-state index in [0.717, 1.165) is 16.5 Å². The smallest absolute Gasteiger partial charge is 0.128 e. The maximum absolute atomic E-state index is 5.17. The molecule has 0 aliphatic heterocycles. The molecule has 1 heterocycles. The summed E-state index contributed by atoms with van der Waals surface area (Å²) < 4.78 is 5.17. The summed E-state index contributed by atoms with van der Waals surface area (Å²) in [6, 6.07) is 8.75. The minimum Gasteiger partial charge on any atom is -0.496 e. The predicted octanol–water partition coefficient (Wildman–Crippen LogP) is 2.04. The normalized spacial score (nSPS) is 10.1. The lowest BCUT2D eigenvalue weighted by Gasteiger charge is -2.02. The highest BCUT2D eigenvalue weighted by atomic mass is 16.5. The molecule has 2 nitrogen and oxygen atoms in total. The number of hydrogen-bond donors (Lipinski definition) is 0. The SMILES string of the molecule is COc1cc[c]c2ccncc12. The van der Waals surface area contributed by atoms with Crippen molar-refractivity contribution in [1.82, 2.24) is 4.98 Å². The topological polar surface area (TPSA) is 22.1 Å². The maximum Gasteiger partial charge on any atom is 0.128 e. The van der Waals surface area contributed by atoms with Gasteiger partial charge >= 0.3 is 0 Å². The highest BCUT2D eigenvalue weighted by Gasteiger charge is 1.98. The molecule has 2 aromatic rings. The number of methoxy groups -OCH3 is 1. The molecule has 12 heavy (non-hydrogen) atoms. The van der Waals surface area contributed by atoms with Crippen LogP contribution < -0.4 is 4.74 Å². The monoisotopic (exact) mass is 158 g/mol. The first-order valence-corrected chi connectivity index (χ1v) is 3.70. The van der Waals surface area contributed by atoms with E-state index < -0.39 is 0 Å². The zero-order chi connectivity index (χ0) is 8.39. The molecular formula is C10H8NO. The highest BCUT2D eigenvalue weighted by Crippen LogP contribution is 2.22. The van der Waals surface area contributed by atoms with Crippen molar-refractivity contribution in [3.63, 3.8) is 0 Å². The molecule has 0 saturated heterocycles. The largest absolute Gasteiger partial charge is 0.496 e. The summed E-state index contributed by atoms with van der Waals surface area (Å²) in [5.74, 6) is 0.844. The van der Waals surface area contributed by atoms with Gasteiger partial charge in [-0.15, -0.1) is 0 Å².